The quantitative estimate of drug-likeness (QED) is 0.315. The summed E-state index contributed by atoms with van der Waals surface area (Å²) in [5.41, 5.74) is 0.718. The third-order valence-corrected chi connectivity index (χ3v) is 9.19. The number of benzene rings is 1. The average molecular weight is 581 g/mol. The minimum atomic E-state index is -0.845. The Kier molecular flexibility index (Phi) is 9.91. The first-order valence-corrected chi connectivity index (χ1v) is 15.5. The van der Waals surface area contributed by atoms with Gasteiger partial charge < -0.3 is 19.2 Å². The van der Waals surface area contributed by atoms with Crippen LogP contribution < -0.4 is 5.32 Å². The molecule has 1 N–H and O–H groups in total. The van der Waals surface area contributed by atoms with Gasteiger partial charge in [0.25, 0.3) is 0 Å². The normalized spacial score (nSPS) is 23.4. The molecule has 1 amide bonds. The number of rotatable bonds is 15. The summed E-state index contributed by atoms with van der Waals surface area (Å²) in [4.78, 5) is 55.6. The predicted octanol–water partition coefficient (Wildman–Crippen LogP) is 3.90. The zero-order valence-electron chi connectivity index (χ0n) is 24.9. The summed E-state index contributed by atoms with van der Waals surface area (Å²) in [5, 5.41) is 3.85. The molecule has 4 atom stereocenters. The highest BCUT2D eigenvalue weighted by molar-refractivity contribution is 5.97. The Balaban J connectivity index is 1.29. The largest absolute Gasteiger partial charge is 0.464 e. The Hall–Kier alpha value is -2.88. The molecule has 5 rings (SSSR count). The number of fused-ring (bicyclic) bond motifs is 1. The first kappa shape index (κ1) is 30.6. The molecule has 9 heteroatoms. The minimum Gasteiger partial charge on any atom is -0.464 e. The van der Waals surface area contributed by atoms with E-state index < -0.39 is 23.5 Å². The Labute approximate surface area is 247 Å². The van der Waals surface area contributed by atoms with Crippen molar-refractivity contribution >= 4 is 34.2 Å². The Bertz CT molecular complexity index is 1270. The smallest absolute Gasteiger partial charge is 0.223 e. The van der Waals surface area contributed by atoms with Gasteiger partial charge in [0, 0.05) is 55.1 Å². The van der Waals surface area contributed by atoms with E-state index >= 15 is 0 Å². The second-order valence-corrected chi connectivity index (χ2v) is 12.7. The van der Waals surface area contributed by atoms with Crippen molar-refractivity contribution in [1.29, 1.82) is 0 Å². The lowest BCUT2D eigenvalue weighted by Crippen LogP contribution is -2.46. The Morgan fingerprint density at radius 1 is 1.07 bits per heavy atom. The summed E-state index contributed by atoms with van der Waals surface area (Å²) in [6.07, 6.45) is 7.16. The van der Waals surface area contributed by atoms with Gasteiger partial charge in [-0.15, -0.1) is 0 Å². The van der Waals surface area contributed by atoms with Gasteiger partial charge in [-0.1, -0.05) is 50.8 Å². The zero-order valence-corrected chi connectivity index (χ0v) is 24.9. The van der Waals surface area contributed by atoms with Gasteiger partial charge in [0.2, 0.25) is 5.91 Å². The lowest BCUT2D eigenvalue weighted by Gasteiger charge is -2.26. The van der Waals surface area contributed by atoms with Crippen molar-refractivity contribution in [3.63, 3.8) is 0 Å². The highest BCUT2D eigenvalue weighted by atomic mass is 16.6. The number of nitrogens with one attached hydrogen (secondary N) is 1. The third kappa shape index (κ3) is 7.74. The maximum atomic E-state index is 14.0. The number of amides is 1. The van der Waals surface area contributed by atoms with Crippen LogP contribution >= 0.6 is 0 Å². The summed E-state index contributed by atoms with van der Waals surface area (Å²) in [7, 11) is 0. The van der Waals surface area contributed by atoms with Crippen LogP contribution in [0.25, 0.3) is 11.0 Å². The molecule has 1 aliphatic carbocycles. The molecule has 1 aromatic heterocycles. The van der Waals surface area contributed by atoms with Gasteiger partial charge in [0.05, 0.1) is 38.7 Å². The van der Waals surface area contributed by atoms with Crippen LogP contribution in [0.4, 0.5) is 0 Å². The number of para-hydroxylation sites is 1. The molecule has 2 saturated heterocycles. The molecular formula is C33H44N2O7. The first-order chi connectivity index (χ1) is 20.2. The number of carbonyl (C=O) groups excluding carboxylic acids is 4. The fourth-order valence-electron chi connectivity index (χ4n) is 6.48. The second-order valence-electron chi connectivity index (χ2n) is 12.7. The minimum absolute atomic E-state index is 0.0105. The standard InChI is InChI=1S/C33H44N2O7/c1-22(15-26(36)19-35-11-13-40-14-12-35)32(39)34-28(17-25-20-41-30-10-6-5-9-27(25)30)29(37)18-24(16-23-7-3-4-8-23)31(38)33(2)21-42-33/h5-6,9-10,20,22-24,28H,3-4,7-8,11-19,21H2,1-2H3,(H,34,39). The SMILES string of the molecule is CC(CC(=O)CN1CCOCC1)C(=O)NC(Cc1coc2ccccc12)C(=O)CC(CC1CCCC1)C(=O)C1(C)CO1. The second kappa shape index (κ2) is 13.6. The van der Waals surface area contributed by atoms with E-state index in [0.29, 0.717) is 50.8 Å². The molecule has 42 heavy (non-hydrogen) atoms. The van der Waals surface area contributed by atoms with Crippen LogP contribution in [0.5, 0.6) is 0 Å². The van der Waals surface area contributed by atoms with E-state index in [1.165, 1.54) is 0 Å². The fourth-order valence-corrected chi connectivity index (χ4v) is 6.48. The average Bonchev–Trinajstić information content (AvgIpc) is 3.33. The summed E-state index contributed by atoms with van der Waals surface area (Å²) >= 11 is 0. The lowest BCUT2D eigenvalue weighted by molar-refractivity contribution is -0.134. The number of ether oxygens (including phenoxy) is 2. The van der Waals surface area contributed by atoms with E-state index in [1.54, 1.807) is 20.1 Å². The van der Waals surface area contributed by atoms with Gasteiger partial charge in [0.1, 0.15) is 17.0 Å². The van der Waals surface area contributed by atoms with Crippen molar-refractivity contribution in [3.8, 4) is 0 Å². The van der Waals surface area contributed by atoms with Crippen LogP contribution in [0.15, 0.2) is 34.9 Å². The summed E-state index contributed by atoms with van der Waals surface area (Å²) in [6, 6.07) is 6.74. The summed E-state index contributed by atoms with van der Waals surface area (Å²) in [5.74, 6) is -1.15. The molecule has 3 aliphatic rings. The van der Waals surface area contributed by atoms with Crippen LogP contribution in [-0.2, 0) is 35.1 Å². The van der Waals surface area contributed by atoms with Gasteiger partial charge in [-0.25, -0.2) is 0 Å². The molecule has 0 spiro atoms. The van der Waals surface area contributed by atoms with Gasteiger partial charge in [0.15, 0.2) is 11.6 Å². The van der Waals surface area contributed by atoms with Crippen LogP contribution in [0.1, 0.15) is 64.4 Å². The van der Waals surface area contributed by atoms with Crippen molar-refractivity contribution in [3.05, 3.63) is 36.1 Å². The van der Waals surface area contributed by atoms with Crippen LogP contribution in [0, 0.1) is 17.8 Å². The molecule has 4 unspecified atom stereocenters. The first-order valence-electron chi connectivity index (χ1n) is 15.5. The number of epoxide rings is 1. The number of hydrogen-bond donors (Lipinski definition) is 1. The van der Waals surface area contributed by atoms with Crippen LogP contribution in [-0.4, -0.2) is 79.3 Å². The third-order valence-electron chi connectivity index (χ3n) is 9.19. The van der Waals surface area contributed by atoms with Crippen LogP contribution in [0.2, 0.25) is 0 Å². The number of ketones is 3. The van der Waals surface area contributed by atoms with Gasteiger partial charge in [-0.05, 0) is 25.3 Å². The molecule has 0 bridgehead atoms. The number of furan rings is 1. The molecule has 1 aromatic carbocycles. The van der Waals surface area contributed by atoms with Crippen molar-refractivity contribution in [2.24, 2.45) is 17.8 Å². The molecule has 3 heterocycles. The van der Waals surface area contributed by atoms with E-state index in [-0.39, 0.29) is 49.1 Å². The molecule has 3 fully saturated rings. The number of morpholine rings is 1. The van der Waals surface area contributed by atoms with E-state index in [2.05, 4.69) is 5.32 Å². The molecule has 2 aliphatic heterocycles. The van der Waals surface area contributed by atoms with Crippen molar-refractivity contribution < 1.29 is 33.1 Å². The van der Waals surface area contributed by atoms with E-state index in [9.17, 15) is 19.2 Å². The predicted molar refractivity (Wildman–Crippen MR) is 157 cm³/mol. The van der Waals surface area contributed by atoms with Crippen molar-refractivity contribution in [2.45, 2.75) is 76.9 Å². The number of Topliss-reactive ketones (excluding diaryl/α,β-unsaturated/α-hetero) is 3. The number of hydrogen-bond acceptors (Lipinski definition) is 8. The fraction of sp³-hybridized carbons (Fsp3) is 0.636. The van der Waals surface area contributed by atoms with Crippen molar-refractivity contribution in [1.82, 2.24) is 10.2 Å². The molecule has 1 saturated carbocycles. The van der Waals surface area contributed by atoms with Gasteiger partial charge in [-0.2, -0.15) is 0 Å². The molecule has 0 radical (unpaired) electrons. The van der Waals surface area contributed by atoms with E-state index in [4.69, 9.17) is 13.9 Å². The highest BCUT2D eigenvalue weighted by Crippen LogP contribution is 2.37. The monoisotopic (exact) mass is 580 g/mol. The van der Waals surface area contributed by atoms with Gasteiger partial charge in [-0.3, -0.25) is 24.1 Å². The zero-order chi connectivity index (χ0) is 29.7. The van der Waals surface area contributed by atoms with Crippen molar-refractivity contribution in [2.75, 3.05) is 39.5 Å². The lowest BCUT2D eigenvalue weighted by atomic mass is 9.81. The Morgan fingerprint density at radius 2 is 1.79 bits per heavy atom. The molecule has 9 nitrogen and oxygen atoms in total. The topological polar surface area (TPSA) is 118 Å². The maximum Gasteiger partial charge on any atom is 0.223 e. The summed E-state index contributed by atoms with van der Waals surface area (Å²) < 4.78 is 16.5. The molecular weight excluding hydrogens is 536 g/mol. The van der Waals surface area contributed by atoms with E-state index in [1.807, 2.05) is 29.2 Å². The number of nitrogens with zero attached hydrogens (tertiary/aromatic N) is 1. The van der Waals surface area contributed by atoms with E-state index in [0.717, 1.165) is 36.6 Å². The summed E-state index contributed by atoms with van der Waals surface area (Å²) in [6.45, 7) is 6.80. The Morgan fingerprint density at radius 3 is 2.50 bits per heavy atom. The van der Waals surface area contributed by atoms with Gasteiger partial charge >= 0.3 is 0 Å². The number of carbonyl (C=O) groups is 4. The maximum absolute atomic E-state index is 14.0. The molecule has 2 aromatic rings. The molecule has 228 valence electrons. The highest BCUT2D eigenvalue weighted by Gasteiger charge is 2.50. The van der Waals surface area contributed by atoms with Crippen LogP contribution in [0.3, 0.4) is 0 Å².